The van der Waals surface area contributed by atoms with Gasteiger partial charge < -0.3 is 8.83 Å². The Morgan fingerprint density at radius 3 is 2.71 bits per heavy atom. The maximum Gasteiger partial charge on any atom is 0.211 e. The highest BCUT2D eigenvalue weighted by molar-refractivity contribution is 5.94. The van der Waals surface area contributed by atoms with E-state index in [4.69, 9.17) is 8.83 Å². The number of ketones is 1. The fraction of sp³-hybridized carbons (Fsp3) is 0.308. The average Bonchev–Trinajstić information content (AvgIpc) is 2.90. The normalized spacial score (nSPS) is 11.0. The molecule has 0 saturated heterocycles. The molecule has 0 aliphatic heterocycles. The first-order valence-corrected chi connectivity index (χ1v) is 5.45. The van der Waals surface area contributed by atoms with E-state index in [0.29, 0.717) is 18.8 Å². The summed E-state index contributed by atoms with van der Waals surface area (Å²) >= 11 is 0. The highest BCUT2D eigenvalue weighted by atomic mass is 16.3. The SMILES string of the molecule is Cc1occc1CN(C)CC(=O)c1ccco1. The van der Waals surface area contributed by atoms with Gasteiger partial charge in [0.05, 0.1) is 19.1 Å². The molecule has 4 nitrogen and oxygen atoms in total. The van der Waals surface area contributed by atoms with Gasteiger partial charge in [-0.05, 0) is 32.2 Å². The van der Waals surface area contributed by atoms with Crippen LogP contribution in [0.2, 0.25) is 0 Å². The molecule has 17 heavy (non-hydrogen) atoms. The van der Waals surface area contributed by atoms with Gasteiger partial charge in [-0.15, -0.1) is 0 Å². The lowest BCUT2D eigenvalue weighted by molar-refractivity contribution is 0.0915. The molecule has 0 aliphatic rings. The summed E-state index contributed by atoms with van der Waals surface area (Å²) in [6.45, 7) is 2.93. The van der Waals surface area contributed by atoms with Gasteiger partial charge in [0, 0.05) is 12.1 Å². The molecule has 2 aromatic rings. The largest absolute Gasteiger partial charge is 0.469 e. The molecule has 0 saturated carbocycles. The number of rotatable bonds is 5. The predicted octanol–water partition coefficient (Wildman–Crippen LogP) is 2.50. The number of furan rings is 2. The van der Waals surface area contributed by atoms with E-state index >= 15 is 0 Å². The van der Waals surface area contributed by atoms with Crippen LogP contribution in [0.3, 0.4) is 0 Å². The van der Waals surface area contributed by atoms with Crippen LogP contribution in [-0.4, -0.2) is 24.3 Å². The van der Waals surface area contributed by atoms with Gasteiger partial charge >= 0.3 is 0 Å². The maximum atomic E-state index is 11.8. The van der Waals surface area contributed by atoms with Crippen molar-refractivity contribution in [3.8, 4) is 0 Å². The fourth-order valence-electron chi connectivity index (χ4n) is 1.68. The highest BCUT2D eigenvalue weighted by Gasteiger charge is 2.13. The number of hydrogen-bond acceptors (Lipinski definition) is 4. The Balaban J connectivity index is 1.92. The van der Waals surface area contributed by atoms with Crippen LogP contribution >= 0.6 is 0 Å². The summed E-state index contributed by atoms with van der Waals surface area (Å²) in [4.78, 5) is 13.7. The molecule has 0 amide bonds. The molecule has 0 bridgehead atoms. The summed E-state index contributed by atoms with van der Waals surface area (Å²) in [6, 6.07) is 5.32. The summed E-state index contributed by atoms with van der Waals surface area (Å²) in [5.74, 6) is 1.28. The van der Waals surface area contributed by atoms with Crippen molar-refractivity contribution in [3.63, 3.8) is 0 Å². The van der Waals surface area contributed by atoms with Crippen molar-refractivity contribution in [3.05, 3.63) is 47.8 Å². The lowest BCUT2D eigenvalue weighted by atomic mass is 10.2. The molecule has 0 radical (unpaired) electrons. The summed E-state index contributed by atoms with van der Waals surface area (Å²) in [5.41, 5.74) is 1.10. The molecular formula is C13H15NO3. The second-order valence-electron chi connectivity index (χ2n) is 4.07. The van der Waals surface area contributed by atoms with E-state index in [0.717, 1.165) is 11.3 Å². The number of aryl methyl sites for hydroxylation is 1. The molecular weight excluding hydrogens is 218 g/mol. The van der Waals surface area contributed by atoms with E-state index in [1.165, 1.54) is 6.26 Å². The fourth-order valence-corrected chi connectivity index (χ4v) is 1.68. The van der Waals surface area contributed by atoms with E-state index in [2.05, 4.69) is 0 Å². The molecule has 0 atom stereocenters. The molecule has 2 aromatic heterocycles. The van der Waals surface area contributed by atoms with Crippen LogP contribution in [-0.2, 0) is 6.54 Å². The second-order valence-corrected chi connectivity index (χ2v) is 4.07. The molecule has 2 rings (SSSR count). The van der Waals surface area contributed by atoms with E-state index < -0.39 is 0 Å². The zero-order valence-electron chi connectivity index (χ0n) is 9.97. The Labute approximate surface area is 99.8 Å². The molecule has 4 heteroatoms. The maximum absolute atomic E-state index is 11.8. The van der Waals surface area contributed by atoms with E-state index in [-0.39, 0.29) is 5.78 Å². The summed E-state index contributed by atoms with van der Waals surface area (Å²) in [5, 5.41) is 0. The highest BCUT2D eigenvalue weighted by Crippen LogP contribution is 2.11. The molecule has 0 N–H and O–H groups in total. The topological polar surface area (TPSA) is 46.6 Å². The third kappa shape index (κ3) is 2.85. The Kier molecular flexibility index (Phi) is 3.44. The number of carbonyl (C=O) groups excluding carboxylic acids is 1. The smallest absolute Gasteiger partial charge is 0.211 e. The van der Waals surface area contributed by atoms with Crippen LogP contribution in [0.25, 0.3) is 0 Å². The van der Waals surface area contributed by atoms with Crippen LogP contribution in [0, 0.1) is 6.92 Å². The Morgan fingerprint density at radius 2 is 2.12 bits per heavy atom. The minimum atomic E-state index is -0.0151. The molecule has 90 valence electrons. The predicted molar refractivity (Wildman–Crippen MR) is 62.8 cm³/mol. The number of likely N-dealkylation sites (N-methyl/N-ethyl adjacent to an activating group) is 1. The minimum Gasteiger partial charge on any atom is -0.469 e. The van der Waals surface area contributed by atoms with E-state index in [1.54, 1.807) is 18.4 Å². The first kappa shape index (κ1) is 11.7. The average molecular weight is 233 g/mol. The lowest BCUT2D eigenvalue weighted by Crippen LogP contribution is -2.25. The summed E-state index contributed by atoms with van der Waals surface area (Å²) in [7, 11) is 1.90. The summed E-state index contributed by atoms with van der Waals surface area (Å²) in [6.07, 6.45) is 3.17. The van der Waals surface area contributed by atoms with Gasteiger partial charge in [-0.1, -0.05) is 0 Å². The van der Waals surface area contributed by atoms with Gasteiger partial charge in [-0.25, -0.2) is 0 Å². The molecule has 0 aromatic carbocycles. The van der Waals surface area contributed by atoms with Gasteiger partial charge in [0.15, 0.2) is 5.76 Å². The van der Waals surface area contributed by atoms with Gasteiger partial charge in [-0.2, -0.15) is 0 Å². The first-order valence-electron chi connectivity index (χ1n) is 5.45. The van der Waals surface area contributed by atoms with Crippen LogP contribution in [0.4, 0.5) is 0 Å². The van der Waals surface area contributed by atoms with Crippen molar-refractivity contribution in [2.24, 2.45) is 0 Å². The minimum absolute atomic E-state index is 0.0151. The molecule has 0 fully saturated rings. The third-order valence-electron chi connectivity index (χ3n) is 2.62. The van der Waals surface area contributed by atoms with Crippen molar-refractivity contribution in [1.29, 1.82) is 0 Å². The molecule has 0 aliphatic carbocycles. The first-order chi connectivity index (χ1) is 8.16. The Bertz CT molecular complexity index is 484. The standard InChI is InChI=1S/C13H15NO3/c1-10-11(5-7-16-10)8-14(2)9-12(15)13-4-3-6-17-13/h3-7H,8-9H2,1-2H3. The van der Waals surface area contributed by atoms with Crippen molar-refractivity contribution in [2.75, 3.05) is 13.6 Å². The van der Waals surface area contributed by atoms with E-state index in [1.807, 2.05) is 24.9 Å². The Hall–Kier alpha value is -1.81. The van der Waals surface area contributed by atoms with Crippen LogP contribution in [0.5, 0.6) is 0 Å². The van der Waals surface area contributed by atoms with E-state index in [9.17, 15) is 4.79 Å². The number of carbonyl (C=O) groups is 1. The number of Topliss-reactive ketones (excluding diaryl/α,β-unsaturated/α-hetero) is 1. The summed E-state index contributed by atoms with van der Waals surface area (Å²) < 4.78 is 10.3. The molecule has 2 heterocycles. The lowest BCUT2D eigenvalue weighted by Gasteiger charge is -2.14. The van der Waals surface area contributed by atoms with Crippen molar-refractivity contribution in [1.82, 2.24) is 4.90 Å². The Morgan fingerprint density at radius 1 is 1.29 bits per heavy atom. The molecule has 0 spiro atoms. The zero-order chi connectivity index (χ0) is 12.3. The monoisotopic (exact) mass is 233 g/mol. The quantitative estimate of drug-likeness (QED) is 0.744. The second kappa shape index (κ2) is 5.01. The van der Waals surface area contributed by atoms with Crippen LogP contribution in [0.15, 0.2) is 39.6 Å². The van der Waals surface area contributed by atoms with Crippen LogP contribution < -0.4 is 0 Å². The third-order valence-corrected chi connectivity index (χ3v) is 2.62. The number of hydrogen-bond donors (Lipinski definition) is 0. The van der Waals surface area contributed by atoms with Gasteiger partial charge in [0.1, 0.15) is 5.76 Å². The van der Waals surface area contributed by atoms with Gasteiger partial charge in [0.25, 0.3) is 0 Å². The van der Waals surface area contributed by atoms with Crippen molar-refractivity contribution in [2.45, 2.75) is 13.5 Å². The van der Waals surface area contributed by atoms with Gasteiger partial charge in [-0.3, -0.25) is 9.69 Å². The van der Waals surface area contributed by atoms with Gasteiger partial charge in [0.2, 0.25) is 5.78 Å². The molecule has 0 unspecified atom stereocenters. The number of nitrogens with zero attached hydrogens (tertiary/aromatic N) is 1. The van der Waals surface area contributed by atoms with Crippen molar-refractivity contribution < 1.29 is 13.6 Å². The zero-order valence-corrected chi connectivity index (χ0v) is 9.97. The van der Waals surface area contributed by atoms with Crippen molar-refractivity contribution >= 4 is 5.78 Å². The van der Waals surface area contributed by atoms with Crippen LogP contribution in [0.1, 0.15) is 21.9 Å².